The highest BCUT2D eigenvalue weighted by Gasteiger charge is 2.07. The van der Waals surface area contributed by atoms with E-state index in [-0.39, 0.29) is 0 Å². The van der Waals surface area contributed by atoms with Crippen LogP contribution >= 0.6 is 27.3 Å². The average molecular weight is 305 g/mol. The summed E-state index contributed by atoms with van der Waals surface area (Å²) < 4.78 is 2.38. The zero-order valence-electron chi connectivity index (χ0n) is 8.85. The molecule has 0 aliphatic carbocycles. The molecule has 2 aromatic heterocycles. The highest BCUT2D eigenvalue weighted by atomic mass is 79.9. The molecule has 0 aliphatic rings. The number of pyridine rings is 1. The van der Waals surface area contributed by atoms with Crippen molar-refractivity contribution in [1.82, 2.24) is 4.98 Å². The number of anilines is 1. The summed E-state index contributed by atoms with van der Waals surface area (Å²) in [5.74, 6) is 0. The molecule has 2 N–H and O–H groups in total. The molecule has 0 spiro atoms. The van der Waals surface area contributed by atoms with Crippen molar-refractivity contribution in [3.8, 4) is 10.6 Å². The van der Waals surface area contributed by atoms with Gasteiger partial charge in [0.2, 0.25) is 0 Å². The molecule has 17 heavy (non-hydrogen) atoms. The van der Waals surface area contributed by atoms with Crippen LogP contribution in [0.4, 0.5) is 5.69 Å². The van der Waals surface area contributed by atoms with Crippen LogP contribution in [0, 0.1) is 0 Å². The predicted octanol–water partition coefficient (Wildman–Crippen LogP) is 4.31. The van der Waals surface area contributed by atoms with E-state index in [0.717, 1.165) is 15.0 Å². The van der Waals surface area contributed by atoms with Crippen LogP contribution in [-0.4, -0.2) is 4.98 Å². The SMILES string of the molecule is Nc1ccc(-c2cc3c(Br)cccc3s2)nc1. The smallest absolute Gasteiger partial charge is 0.0803 e. The second-order valence-electron chi connectivity index (χ2n) is 3.74. The number of fused-ring (bicyclic) bond motifs is 1. The second-order valence-corrected chi connectivity index (χ2v) is 5.68. The number of halogens is 1. The van der Waals surface area contributed by atoms with E-state index in [2.05, 4.69) is 39.1 Å². The summed E-state index contributed by atoms with van der Waals surface area (Å²) in [4.78, 5) is 5.50. The number of benzene rings is 1. The molecule has 2 nitrogen and oxygen atoms in total. The number of nitrogens with zero attached hydrogens (tertiary/aromatic N) is 1. The van der Waals surface area contributed by atoms with Gasteiger partial charge in [-0.15, -0.1) is 11.3 Å². The fraction of sp³-hybridized carbons (Fsp3) is 0. The average Bonchev–Trinajstić information content (AvgIpc) is 2.75. The molecular weight excluding hydrogens is 296 g/mol. The number of hydrogen-bond donors (Lipinski definition) is 1. The number of thiophene rings is 1. The second kappa shape index (κ2) is 4.13. The molecule has 1 aromatic carbocycles. The van der Waals surface area contributed by atoms with Gasteiger partial charge in [0.15, 0.2) is 0 Å². The van der Waals surface area contributed by atoms with Crippen LogP contribution in [0.2, 0.25) is 0 Å². The van der Waals surface area contributed by atoms with Gasteiger partial charge in [-0.05, 0) is 30.3 Å². The molecule has 0 atom stereocenters. The third-order valence-electron chi connectivity index (χ3n) is 2.55. The maximum Gasteiger partial charge on any atom is 0.0803 e. The van der Waals surface area contributed by atoms with E-state index in [1.807, 2.05) is 18.2 Å². The van der Waals surface area contributed by atoms with Gasteiger partial charge in [0.1, 0.15) is 0 Å². The zero-order chi connectivity index (χ0) is 11.8. The van der Waals surface area contributed by atoms with Gasteiger partial charge < -0.3 is 5.73 Å². The number of aromatic nitrogens is 1. The lowest BCUT2D eigenvalue weighted by Gasteiger charge is -1.95. The molecule has 0 aliphatic heterocycles. The molecule has 4 heteroatoms. The highest BCUT2D eigenvalue weighted by molar-refractivity contribution is 9.10. The van der Waals surface area contributed by atoms with Gasteiger partial charge in [0.25, 0.3) is 0 Å². The van der Waals surface area contributed by atoms with Crippen LogP contribution in [0.3, 0.4) is 0 Å². The first-order chi connectivity index (χ1) is 8.24. The first kappa shape index (κ1) is 10.7. The number of rotatable bonds is 1. The predicted molar refractivity (Wildman–Crippen MR) is 77.2 cm³/mol. The summed E-state index contributed by atoms with van der Waals surface area (Å²) in [7, 11) is 0. The van der Waals surface area contributed by atoms with Crippen LogP contribution in [-0.2, 0) is 0 Å². The van der Waals surface area contributed by atoms with E-state index in [4.69, 9.17) is 5.73 Å². The maximum absolute atomic E-state index is 5.64. The van der Waals surface area contributed by atoms with Crippen molar-refractivity contribution in [2.75, 3.05) is 5.73 Å². The van der Waals surface area contributed by atoms with Crippen molar-refractivity contribution < 1.29 is 0 Å². The Hall–Kier alpha value is -1.39. The van der Waals surface area contributed by atoms with Crippen LogP contribution in [0.1, 0.15) is 0 Å². The van der Waals surface area contributed by atoms with Gasteiger partial charge in [0.05, 0.1) is 22.5 Å². The Morgan fingerprint density at radius 3 is 2.76 bits per heavy atom. The first-order valence-corrected chi connectivity index (χ1v) is 6.75. The first-order valence-electron chi connectivity index (χ1n) is 5.14. The Kier molecular flexibility index (Phi) is 2.61. The summed E-state index contributed by atoms with van der Waals surface area (Å²) >= 11 is 5.30. The minimum absolute atomic E-state index is 0.691. The lowest BCUT2D eigenvalue weighted by Crippen LogP contribution is -1.86. The Bertz CT molecular complexity index is 673. The Morgan fingerprint density at radius 1 is 1.18 bits per heavy atom. The van der Waals surface area contributed by atoms with Crippen molar-refractivity contribution in [3.63, 3.8) is 0 Å². The van der Waals surface area contributed by atoms with Crippen molar-refractivity contribution >= 4 is 43.0 Å². The third-order valence-corrected chi connectivity index (χ3v) is 4.36. The molecule has 0 unspecified atom stereocenters. The molecule has 0 fully saturated rings. The topological polar surface area (TPSA) is 38.9 Å². The van der Waals surface area contributed by atoms with Gasteiger partial charge in [-0.1, -0.05) is 22.0 Å². The van der Waals surface area contributed by atoms with E-state index < -0.39 is 0 Å². The Balaban J connectivity index is 2.18. The van der Waals surface area contributed by atoms with Crippen molar-refractivity contribution in [3.05, 3.63) is 47.1 Å². The van der Waals surface area contributed by atoms with Crippen LogP contribution in [0.15, 0.2) is 47.1 Å². The molecule has 3 rings (SSSR count). The van der Waals surface area contributed by atoms with Gasteiger partial charge >= 0.3 is 0 Å². The summed E-state index contributed by atoms with van der Waals surface area (Å²) in [5, 5.41) is 1.23. The molecular formula is C13H9BrN2S. The maximum atomic E-state index is 5.64. The minimum Gasteiger partial charge on any atom is -0.397 e. The zero-order valence-corrected chi connectivity index (χ0v) is 11.3. The van der Waals surface area contributed by atoms with E-state index >= 15 is 0 Å². The van der Waals surface area contributed by atoms with Crippen LogP contribution < -0.4 is 5.73 Å². The molecule has 2 heterocycles. The summed E-state index contributed by atoms with van der Waals surface area (Å²) in [6, 6.07) is 12.2. The molecule has 0 amide bonds. The quantitative estimate of drug-likeness (QED) is 0.727. The number of hydrogen-bond acceptors (Lipinski definition) is 3. The van der Waals surface area contributed by atoms with Crippen LogP contribution in [0.25, 0.3) is 20.7 Å². The van der Waals surface area contributed by atoms with Gasteiger partial charge in [-0.3, -0.25) is 4.98 Å². The largest absolute Gasteiger partial charge is 0.397 e. The molecule has 0 saturated heterocycles. The van der Waals surface area contributed by atoms with Gasteiger partial charge in [-0.25, -0.2) is 0 Å². The van der Waals surface area contributed by atoms with Crippen molar-refractivity contribution in [2.45, 2.75) is 0 Å². The summed E-state index contributed by atoms with van der Waals surface area (Å²) in [6.07, 6.45) is 1.69. The van der Waals surface area contributed by atoms with E-state index in [0.29, 0.717) is 5.69 Å². The van der Waals surface area contributed by atoms with Crippen LogP contribution in [0.5, 0.6) is 0 Å². The highest BCUT2D eigenvalue weighted by Crippen LogP contribution is 2.36. The van der Waals surface area contributed by atoms with E-state index in [1.165, 1.54) is 10.1 Å². The summed E-state index contributed by atoms with van der Waals surface area (Å²) in [6.45, 7) is 0. The minimum atomic E-state index is 0.691. The van der Waals surface area contributed by atoms with E-state index in [9.17, 15) is 0 Å². The third kappa shape index (κ3) is 1.94. The van der Waals surface area contributed by atoms with Gasteiger partial charge in [0, 0.05) is 14.6 Å². The normalized spacial score (nSPS) is 10.9. The van der Waals surface area contributed by atoms with E-state index in [1.54, 1.807) is 17.5 Å². The molecule has 84 valence electrons. The lowest BCUT2D eigenvalue weighted by atomic mass is 10.2. The molecule has 0 bridgehead atoms. The Labute approximate surface area is 111 Å². The number of nitrogen functional groups attached to an aromatic ring is 1. The standard InChI is InChI=1S/C13H9BrN2S/c14-10-2-1-3-12-9(10)6-13(17-12)11-5-4-8(15)7-16-11/h1-7H,15H2. The number of nitrogens with two attached hydrogens (primary N) is 1. The lowest BCUT2D eigenvalue weighted by molar-refractivity contribution is 1.34. The fourth-order valence-electron chi connectivity index (χ4n) is 1.70. The Morgan fingerprint density at radius 2 is 2.06 bits per heavy atom. The van der Waals surface area contributed by atoms with Crippen molar-refractivity contribution in [2.24, 2.45) is 0 Å². The van der Waals surface area contributed by atoms with Gasteiger partial charge in [-0.2, -0.15) is 0 Å². The molecule has 0 saturated carbocycles. The monoisotopic (exact) mass is 304 g/mol. The van der Waals surface area contributed by atoms with Crippen molar-refractivity contribution in [1.29, 1.82) is 0 Å². The summed E-state index contributed by atoms with van der Waals surface area (Å²) in [5.41, 5.74) is 7.29. The fourth-order valence-corrected chi connectivity index (χ4v) is 3.38. The molecule has 3 aromatic rings. The molecule has 0 radical (unpaired) electrons.